The molecule has 1 N–H and O–H groups in total. The predicted octanol–water partition coefficient (Wildman–Crippen LogP) is 3.50. The standard InChI is InChI=1S/C27H39N3O6S/c1-9-22(26(32)28-27(3,4)5)29(17-20-11-13-21(35-6)14-12-20)25(31)18-30(37(8,33)34)23-16-19(2)10-15-24(23)36-7/h10-16,22H,9,17-18H2,1-8H3,(H,28,32). The van der Waals surface area contributed by atoms with Gasteiger partial charge in [-0.25, -0.2) is 8.42 Å². The first-order valence-electron chi connectivity index (χ1n) is 12.1. The molecule has 1 atom stereocenters. The van der Waals surface area contributed by atoms with Crippen LogP contribution in [-0.2, 0) is 26.2 Å². The smallest absolute Gasteiger partial charge is 0.244 e. The predicted molar refractivity (Wildman–Crippen MR) is 145 cm³/mol. The number of ether oxygens (including phenoxy) is 2. The van der Waals surface area contributed by atoms with Crippen molar-refractivity contribution in [2.45, 2.75) is 59.2 Å². The molecule has 37 heavy (non-hydrogen) atoms. The first kappa shape index (κ1) is 30.0. The number of hydrogen-bond donors (Lipinski definition) is 1. The van der Waals surface area contributed by atoms with E-state index in [1.54, 1.807) is 37.4 Å². The highest BCUT2D eigenvalue weighted by Gasteiger charge is 2.33. The average molecular weight is 534 g/mol. The van der Waals surface area contributed by atoms with Crippen LogP contribution in [0, 0.1) is 6.92 Å². The third-order valence-corrected chi connectivity index (χ3v) is 6.80. The van der Waals surface area contributed by atoms with E-state index in [9.17, 15) is 18.0 Å². The second kappa shape index (κ2) is 12.3. The monoisotopic (exact) mass is 533 g/mol. The largest absolute Gasteiger partial charge is 0.497 e. The molecule has 0 bridgehead atoms. The molecule has 0 aromatic heterocycles. The highest BCUT2D eigenvalue weighted by molar-refractivity contribution is 7.92. The molecule has 1 unspecified atom stereocenters. The number of sulfonamides is 1. The summed E-state index contributed by atoms with van der Waals surface area (Å²) in [6.07, 6.45) is 1.38. The summed E-state index contributed by atoms with van der Waals surface area (Å²) in [6, 6.07) is 11.5. The molecule has 10 heteroatoms. The van der Waals surface area contributed by atoms with Crippen LogP contribution < -0.4 is 19.1 Å². The van der Waals surface area contributed by atoms with Crippen molar-refractivity contribution in [1.82, 2.24) is 10.2 Å². The zero-order chi connectivity index (χ0) is 28.0. The summed E-state index contributed by atoms with van der Waals surface area (Å²) in [5.41, 5.74) is 1.33. The number of methoxy groups -OCH3 is 2. The van der Waals surface area contributed by atoms with Crippen molar-refractivity contribution in [2.75, 3.05) is 31.3 Å². The van der Waals surface area contributed by atoms with E-state index in [2.05, 4.69) is 5.32 Å². The van der Waals surface area contributed by atoms with Crippen LogP contribution in [0.15, 0.2) is 42.5 Å². The number of anilines is 1. The van der Waals surface area contributed by atoms with Crippen molar-refractivity contribution in [3.63, 3.8) is 0 Å². The van der Waals surface area contributed by atoms with E-state index in [4.69, 9.17) is 9.47 Å². The molecule has 2 amide bonds. The number of amides is 2. The van der Waals surface area contributed by atoms with Crippen LogP contribution in [0.25, 0.3) is 0 Å². The van der Waals surface area contributed by atoms with Gasteiger partial charge in [0.2, 0.25) is 21.8 Å². The molecule has 2 aromatic carbocycles. The van der Waals surface area contributed by atoms with Crippen LogP contribution in [0.1, 0.15) is 45.2 Å². The lowest BCUT2D eigenvalue weighted by atomic mass is 10.1. The van der Waals surface area contributed by atoms with Crippen LogP contribution >= 0.6 is 0 Å². The zero-order valence-electron chi connectivity index (χ0n) is 23.0. The molecule has 0 aliphatic heterocycles. The molecule has 204 valence electrons. The Balaban J connectivity index is 2.52. The molecule has 0 radical (unpaired) electrons. The second-order valence-electron chi connectivity index (χ2n) is 9.98. The highest BCUT2D eigenvalue weighted by Crippen LogP contribution is 2.31. The van der Waals surface area contributed by atoms with E-state index in [0.717, 1.165) is 21.7 Å². The Bertz CT molecular complexity index is 1190. The van der Waals surface area contributed by atoms with Crippen LogP contribution in [0.2, 0.25) is 0 Å². The fourth-order valence-electron chi connectivity index (χ4n) is 3.89. The summed E-state index contributed by atoms with van der Waals surface area (Å²) in [7, 11) is -0.866. The van der Waals surface area contributed by atoms with E-state index >= 15 is 0 Å². The van der Waals surface area contributed by atoms with Gasteiger partial charge in [-0.05, 0) is 69.5 Å². The molecule has 0 saturated heterocycles. The maximum Gasteiger partial charge on any atom is 0.244 e. The van der Waals surface area contributed by atoms with Crippen LogP contribution in [0.5, 0.6) is 11.5 Å². The van der Waals surface area contributed by atoms with Gasteiger partial charge < -0.3 is 19.7 Å². The third kappa shape index (κ3) is 8.38. The molecule has 0 aliphatic rings. The number of hydrogen-bond acceptors (Lipinski definition) is 6. The molecule has 0 spiro atoms. The quantitative estimate of drug-likeness (QED) is 0.474. The van der Waals surface area contributed by atoms with Gasteiger partial charge >= 0.3 is 0 Å². The SMILES string of the molecule is CCC(C(=O)NC(C)(C)C)N(Cc1ccc(OC)cc1)C(=O)CN(c1cc(C)ccc1OC)S(C)(=O)=O. The van der Waals surface area contributed by atoms with Gasteiger partial charge in [-0.15, -0.1) is 0 Å². The van der Waals surface area contributed by atoms with Crippen molar-refractivity contribution in [3.8, 4) is 11.5 Å². The molecule has 0 fully saturated rings. The maximum absolute atomic E-state index is 13.8. The van der Waals surface area contributed by atoms with Crippen molar-refractivity contribution < 1.29 is 27.5 Å². The minimum absolute atomic E-state index is 0.113. The zero-order valence-corrected chi connectivity index (χ0v) is 23.8. The second-order valence-corrected chi connectivity index (χ2v) is 11.9. The molecule has 9 nitrogen and oxygen atoms in total. The lowest BCUT2D eigenvalue weighted by Crippen LogP contribution is -2.55. The van der Waals surface area contributed by atoms with Gasteiger partial charge in [-0.3, -0.25) is 13.9 Å². The maximum atomic E-state index is 13.8. The van der Waals surface area contributed by atoms with Crippen molar-refractivity contribution >= 4 is 27.5 Å². The number of carbonyl (C=O) groups is 2. The van der Waals surface area contributed by atoms with E-state index in [-0.39, 0.29) is 18.1 Å². The van der Waals surface area contributed by atoms with Crippen molar-refractivity contribution in [1.29, 1.82) is 0 Å². The van der Waals surface area contributed by atoms with Crippen LogP contribution in [0.3, 0.4) is 0 Å². The van der Waals surface area contributed by atoms with Gasteiger partial charge in [0.15, 0.2) is 0 Å². The summed E-state index contributed by atoms with van der Waals surface area (Å²) in [4.78, 5) is 28.5. The number of carbonyl (C=O) groups excluding carboxylic acids is 2. The molecular weight excluding hydrogens is 494 g/mol. The Labute approximate surface area is 220 Å². The number of nitrogens with zero attached hydrogens (tertiary/aromatic N) is 2. The van der Waals surface area contributed by atoms with Gasteiger partial charge in [0.1, 0.15) is 24.1 Å². The van der Waals surface area contributed by atoms with Crippen molar-refractivity contribution in [2.24, 2.45) is 0 Å². The highest BCUT2D eigenvalue weighted by atomic mass is 32.2. The summed E-state index contributed by atoms with van der Waals surface area (Å²) < 4.78 is 37.4. The normalized spacial score (nSPS) is 12.4. The van der Waals surface area contributed by atoms with Gasteiger partial charge in [-0.2, -0.15) is 0 Å². The Morgan fingerprint density at radius 3 is 2.14 bits per heavy atom. The van der Waals surface area contributed by atoms with Gasteiger partial charge in [0.25, 0.3) is 0 Å². The molecule has 2 aromatic rings. The molecular formula is C27H39N3O6S. The lowest BCUT2D eigenvalue weighted by molar-refractivity contribution is -0.141. The number of aryl methyl sites for hydroxylation is 1. The molecule has 2 rings (SSSR count). The average Bonchev–Trinajstić information content (AvgIpc) is 2.80. The molecule has 0 heterocycles. The number of benzene rings is 2. The van der Waals surface area contributed by atoms with Gasteiger partial charge in [-0.1, -0.05) is 25.1 Å². The summed E-state index contributed by atoms with van der Waals surface area (Å²) in [5, 5.41) is 2.95. The number of nitrogens with one attached hydrogen (secondary N) is 1. The van der Waals surface area contributed by atoms with E-state index in [1.807, 2.05) is 46.8 Å². The minimum Gasteiger partial charge on any atom is -0.497 e. The van der Waals surface area contributed by atoms with E-state index < -0.39 is 34.1 Å². The lowest BCUT2D eigenvalue weighted by Gasteiger charge is -2.34. The van der Waals surface area contributed by atoms with E-state index in [1.165, 1.54) is 12.0 Å². The van der Waals surface area contributed by atoms with Crippen LogP contribution in [0.4, 0.5) is 5.69 Å². The third-order valence-electron chi connectivity index (χ3n) is 5.68. The molecule has 0 aliphatic carbocycles. The topological polar surface area (TPSA) is 105 Å². The van der Waals surface area contributed by atoms with E-state index in [0.29, 0.717) is 17.9 Å². The minimum atomic E-state index is -3.87. The fourth-order valence-corrected chi connectivity index (χ4v) is 4.73. The van der Waals surface area contributed by atoms with Crippen molar-refractivity contribution in [3.05, 3.63) is 53.6 Å². The Morgan fingerprint density at radius 1 is 1.03 bits per heavy atom. The fraction of sp³-hybridized carbons (Fsp3) is 0.481. The molecule has 0 saturated carbocycles. The number of rotatable bonds is 11. The summed E-state index contributed by atoms with van der Waals surface area (Å²) >= 11 is 0. The van der Waals surface area contributed by atoms with Crippen LogP contribution in [-0.4, -0.2) is 63.7 Å². The van der Waals surface area contributed by atoms with Gasteiger partial charge in [0.05, 0.1) is 26.2 Å². The summed E-state index contributed by atoms with van der Waals surface area (Å²) in [5.74, 6) is 0.161. The first-order valence-corrected chi connectivity index (χ1v) is 13.9. The summed E-state index contributed by atoms with van der Waals surface area (Å²) in [6.45, 7) is 8.85. The van der Waals surface area contributed by atoms with Gasteiger partial charge in [0, 0.05) is 12.1 Å². The Hall–Kier alpha value is -3.27. The Morgan fingerprint density at radius 2 is 1.65 bits per heavy atom. The first-order chi connectivity index (χ1) is 17.2. The Kier molecular flexibility index (Phi) is 9.97.